The van der Waals surface area contributed by atoms with Crippen molar-refractivity contribution in [2.75, 3.05) is 10.2 Å². The third-order valence-electron chi connectivity index (χ3n) is 4.70. The maximum absolute atomic E-state index is 13.4. The summed E-state index contributed by atoms with van der Waals surface area (Å²) in [6.07, 6.45) is 1.63. The summed E-state index contributed by atoms with van der Waals surface area (Å²) in [5.41, 5.74) is 1.59. The topological polar surface area (TPSA) is 75.5 Å². The van der Waals surface area contributed by atoms with Crippen LogP contribution in [-0.2, 0) is 4.79 Å². The number of rotatable bonds is 5. The summed E-state index contributed by atoms with van der Waals surface area (Å²) in [6, 6.07) is 16.2. The van der Waals surface area contributed by atoms with Crippen LogP contribution < -0.4 is 10.2 Å². The summed E-state index contributed by atoms with van der Waals surface area (Å²) in [5, 5.41) is 14.1. The fourth-order valence-corrected chi connectivity index (χ4v) is 3.29. The van der Waals surface area contributed by atoms with Gasteiger partial charge in [-0.15, -0.1) is 0 Å². The second kappa shape index (κ2) is 7.75. The Balaban J connectivity index is 1.75. The minimum absolute atomic E-state index is 0.104. The average Bonchev–Trinajstić information content (AvgIpc) is 3.06. The SMILES string of the molecule is O=C1C(Nc2ccc(F)cc2)=CC(c2cccc([N+](=O)[O-])c2)N1c1ccc(F)cc1. The van der Waals surface area contributed by atoms with Crippen molar-refractivity contribution in [1.29, 1.82) is 0 Å². The normalized spacial score (nSPS) is 15.8. The maximum Gasteiger partial charge on any atom is 0.275 e. The van der Waals surface area contributed by atoms with Gasteiger partial charge in [0.1, 0.15) is 17.3 Å². The van der Waals surface area contributed by atoms with Gasteiger partial charge in [0.25, 0.3) is 11.6 Å². The number of non-ortho nitro benzene ring substituents is 1. The lowest BCUT2D eigenvalue weighted by Crippen LogP contribution is -2.30. The molecule has 6 nitrogen and oxygen atoms in total. The lowest BCUT2D eigenvalue weighted by Gasteiger charge is -2.25. The van der Waals surface area contributed by atoms with E-state index in [0.29, 0.717) is 16.9 Å². The monoisotopic (exact) mass is 407 g/mol. The van der Waals surface area contributed by atoms with E-state index in [0.717, 1.165) is 0 Å². The van der Waals surface area contributed by atoms with Gasteiger partial charge in [0, 0.05) is 23.5 Å². The summed E-state index contributed by atoms with van der Waals surface area (Å²) >= 11 is 0. The van der Waals surface area contributed by atoms with Crippen molar-refractivity contribution in [2.24, 2.45) is 0 Å². The Morgan fingerprint density at radius 3 is 2.20 bits per heavy atom. The van der Waals surface area contributed by atoms with E-state index in [9.17, 15) is 23.7 Å². The van der Waals surface area contributed by atoms with Gasteiger partial charge in [0.2, 0.25) is 0 Å². The summed E-state index contributed by atoms with van der Waals surface area (Å²) in [7, 11) is 0. The molecule has 3 aromatic rings. The standard InChI is InChI=1S/C22H15F2N3O3/c23-15-4-8-17(9-5-15)25-20-13-21(14-2-1-3-19(12-14)27(29)30)26(22(20)28)18-10-6-16(24)7-11-18/h1-13,21,25H. The molecular weight excluding hydrogens is 392 g/mol. The first kappa shape index (κ1) is 19.3. The minimum Gasteiger partial charge on any atom is -0.351 e. The molecule has 0 spiro atoms. The number of nitro benzene ring substituents is 1. The number of nitrogens with zero attached hydrogens (tertiary/aromatic N) is 2. The third-order valence-corrected chi connectivity index (χ3v) is 4.70. The molecular formula is C22H15F2N3O3. The number of amides is 1. The van der Waals surface area contributed by atoms with E-state index in [1.165, 1.54) is 65.6 Å². The molecule has 0 fully saturated rings. The summed E-state index contributed by atoms with van der Waals surface area (Å²) in [4.78, 5) is 25.2. The Morgan fingerprint density at radius 2 is 1.57 bits per heavy atom. The second-order valence-electron chi connectivity index (χ2n) is 6.66. The predicted octanol–water partition coefficient (Wildman–Crippen LogP) is 4.96. The fourth-order valence-electron chi connectivity index (χ4n) is 3.29. The minimum atomic E-state index is -0.647. The number of carbonyl (C=O) groups is 1. The number of hydrogen-bond acceptors (Lipinski definition) is 4. The van der Waals surface area contributed by atoms with Crippen LogP contribution in [0.5, 0.6) is 0 Å². The number of anilines is 2. The fraction of sp³-hybridized carbons (Fsp3) is 0.0455. The molecule has 0 radical (unpaired) electrons. The first-order valence-electron chi connectivity index (χ1n) is 9.00. The van der Waals surface area contributed by atoms with E-state index in [2.05, 4.69) is 5.32 Å². The van der Waals surface area contributed by atoms with E-state index in [1.54, 1.807) is 18.2 Å². The highest BCUT2D eigenvalue weighted by Crippen LogP contribution is 2.37. The van der Waals surface area contributed by atoms with Crippen LogP contribution in [0.1, 0.15) is 11.6 Å². The Labute approximate surface area is 170 Å². The van der Waals surface area contributed by atoms with Crippen molar-refractivity contribution < 1.29 is 18.5 Å². The number of halogens is 2. The molecule has 0 bridgehead atoms. The molecule has 4 rings (SSSR count). The molecule has 8 heteroatoms. The van der Waals surface area contributed by atoms with Crippen LogP contribution in [0, 0.1) is 21.7 Å². The lowest BCUT2D eigenvalue weighted by molar-refractivity contribution is -0.384. The molecule has 1 aliphatic rings. The summed E-state index contributed by atoms with van der Waals surface area (Å²) < 4.78 is 26.6. The van der Waals surface area contributed by atoms with Gasteiger partial charge in [0.05, 0.1) is 11.0 Å². The molecule has 1 amide bonds. The molecule has 30 heavy (non-hydrogen) atoms. The van der Waals surface area contributed by atoms with Crippen molar-refractivity contribution in [1.82, 2.24) is 0 Å². The molecule has 0 saturated carbocycles. The van der Waals surface area contributed by atoms with Gasteiger partial charge < -0.3 is 5.32 Å². The molecule has 0 aliphatic carbocycles. The quantitative estimate of drug-likeness (QED) is 0.479. The van der Waals surface area contributed by atoms with Crippen LogP contribution in [0.15, 0.2) is 84.6 Å². The zero-order chi connectivity index (χ0) is 21.3. The highest BCUT2D eigenvalue weighted by Gasteiger charge is 2.35. The molecule has 150 valence electrons. The molecule has 1 unspecified atom stereocenters. The number of nitro groups is 1. The first-order valence-corrected chi connectivity index (χ1v) is 9.00. The van der Waals surface area contributed by atoms with E-state index >= 15 is 0 Å². The Hall–Kier alpha value is -4.07. The van der Waals surface area contributed by atoms with E-state index in [1.807, 2.05) is 0 Å². The van der Waals surface area contributed by atoms with Gasteiger partial charge in [-0.25, -0.2) is 8.78 Å². The summed E-state index contributed by atoms with van der Waals surface area (Å²) in [6.45, 7) is 0. The maximum atomic E-state index is 13.4. The van der Waals surface area contributed by atoms with E-state index in [-0.39, 0.29) is 11.4 Å². The van der Waals surface area contributed by atoms with Gasteiger partial charge in [-0.05, 0) is 60.2 Å². The van der Waals surface area contributed by atoms with Crippen LogP contribution >= 0.6 is 0 Å². The zero-order valence-electron chi connectivity index (χ0n) is 15.5. The van der Waals surface area contributed by atoms with Crippen LogP contribution in [0.25, 0.3) is 0 Å². The van der Waals surface area contributed by atoms with Gasteiger partial charge in [0.15, 0.2) is 0 Å². The first-order chi connectivity index (χ1) is 14.4. The molecule has 0 aromatic heterocycles. The van der Waals surface area contributed by atoms with Gasteiger partial charge >= 0.3 is 0 Å². The van der Waals surface area contributed by atoms with Crippen molar-refractivity contribution in [3.63, 3.8) is 0 Å². The Bertz CT molecular complexity index is 1150. The highest BCUT2D eigenvalue weighted by atomic mass is 19.1. The van der Waals surface area contributed by atoms with Crippen LogP contribution in [0.3, 0.4) is 0 Å². The van der Waals surface area contributed by atoms with Crippen molar-refractivity contribution in [2.45, 2.75) is 6.04 Å². The molecule has 0 saturated heterocycles. The van der Waals surface area contributed by atoms with Crippen LogP contribution in [0.4, 0.5) is 25.8 Å². The Kier molecular flexibility index (Phi) is 4.97. The number of carbonyl (C=O) groups excluding carboxylic acids is 1. The molecule has 1 atom stereocenters. The third kappa shape index (κ3) is 3.75. The van der Waals surface area contributed by atoms with Gasteiger partial charge in [-0.1, -0.05) is 12.1 Å². The molecule has 3 aromatic carbocycles. The van der Waals surface area contributed by atoms with Crippen molar-refractivity contribution in [3.05, 3.63) is 112 Å². The van der Waals surface area contributed by atoms with E-state index in [4.69, 9.17) is 0 Å². The number of benzene rings is 3. The largest absolute Gasteiger partial charge is 0.351 e. The number of hydrogen-bond donors (Lipinski definition) is 1. The molecule has 1 N–H and O–H groups in total. The van der Waals surface area contributed by atoms with Crippen molar-refractivity contribution >= 4 is 23.0 Å². The predicted molar refractivity (Wildman–Crippen MR) is 108 cm³/mol. The number of nitrogens with one attached hydrogen (secondary N) is 1. The Morgan fingerprint density at radius 1 is 0.933 bits per heavy atom. The smallest absolute Gasteiger partial charge is 0.275 e. The lowest BCUT2D eigenvalue weighted by atomic mass is 10.1. The van der Waals surface area contributed by atoms with Crippen LogP contribution in [-0.4, -0.2) is 10.8 Å². The van der Waals surface area contributed by atoms with Gasteiger partial charge in [-0.3, -0.25) is 19.8 Å². The van der Waals surface area contributed by atoms with E-state index < -0.39 is 28.5 Å². The van der Waals surface area contributed by atoms with Gasteiger partial charge in [-0.2, -0.15) is 0 Å². The zero-order valence-corrected chi connectivity index (χ0v) is 15.5. The molecule has 1 heterocycles. The summed E-state index contributed by atoms with van der Waals surface area (Å²) in [5.74, 6) is -1.26. The highest BCUT2D eigenvalue weighted by molar-refractivity contribution is 6.11. The van der Waals surface area contributed by atoms with Crippen molar-refractivity contribution in [3.8, 4) is 0 Å². The average molecular weight is 407 g/mol. The second-order valence-corrected chi connectivity index (χ2v) is 6.66. The van der Waals surface area contributed by atoms with Crippen LogP contribution in [0.2, 0.25) is 0 Å². The molecule has 1 aliphatic heterocycles.